The van der Waals surface area contributed by atoms with Gasteiger partial charge < -0.3 is 14.5 Å². The molecule has 2 atom stereocenters. The van der Waals surface area contributed by atoms with Gasteiger partial charge in [-0.15, -0.1) is 0 Å². The van der Waals surface area contributed by atoms with Crippen LogP contribution in [0.2, 0.25) is 0 Å². The highest BCUT2D eigenvalue weighted by atomic mass is 19.1. The topological polar surface area (TPSA) is 49.9 Å². The Labute approximate surface area is 206 Å². The van der Waals surface area contributed by atoms with Crippen LogP contribution >= 0.6 is 0 Å². The highest BCUT2D eigenvalue weighted by Gasteiger charge is 2.44. The number of likely N-dealkylation sites (N-methyl/N-ethyl adjacent to an activating group) is 1. The van der Waals surface area contributed by atoms with Crippen LogP contribution in [0.15, 0.2) is 72.8 Å². The molecular formula is C29H31FN2O3. The van der Waals surface area contributed by atoms with E-state index in [2.05, 4.69) is 6.92 Å². The van der Waals surface area contributed by atoms with Crippen LogP contribution in [0, 0.1) is 5.82 Å². The summed E-state index contributed by atoms with van der Waals surface area (Å²) in [6.07, 6.45) is 1.89. The van der Waals surface area contributed by atoms with Crippen LogP contribution in [0.5, 0.6) is 5.75 Å². The summed E-state index contributed by atoms with van der Waals surface area (Å²) in [5.41, 5.74) is 2.91. The molecule has 0 fully saturated rings. The van der Waals surface area contributed by atoms with Crippen LogP contribution in [0.1, 0.15) is 58.8 Å². The van der Waals surface area contributed by atoms with E-state index in [9.17, 15) is 14.0 Å². The lowest BCUT2D eigenvalue weighted by Crippen LogP contribution is -2.47. The van der Waals surface area contributed by atoms with Crippen LogP contribution in [0.3, 0.4) is 0 Å². The van der Waals surface area contributed by atoms with Gasteiger partial charge in [0.1, 0.15) is 11.6 Å². The second kappa shape index (κ2) is 10.7. The molecule has 0 bridgehead atoms. The van der Waals surface area contributed by atoms with Crippen molar-refractivity contribution in [3.63, 3.8) is 0 Å². The summed E-state index contributed by atoms with van der Waals surface area (Å²) in [5, 5.41) is 0. The summed E-state index contributed by atoms with van der Waals surface area (Å²) in [6, 6.07) is 20.5. The molecule has 0 unspecified atom stereocenters. The van der Waals surface area contributed by atoms with E-state index in [4.69, 9.17) is 4.74 Å². The van der Waals surface area contributed by atoms with Gasteiger partial charge in [-0.25, -0.2) is 4.39 Å². The number of rotatable bonds is 8. The fourth-order valence-electron chi connectivity index (χ4n) is 4.74. The van der Waals surface area contributed by atoms with Crippen molar-refractivity contribution in [2.45, 2.75) is 38.3 Å². The van der Waals surface area contributed by atoms with Crippen LogP contribution in [-0.2, 0) is 11.3 Å². The molecule has 1 heterocycles. The number of hydrogen-bond acceptors (Lipinski definition) is 3. The molecule has 0 aromatic heterocycles. The zero-order chi connectivity index (χ0) is 24.9. The lowest BCUT2D eigenvalue weighted by molar-refractivity contribution is -0.133. The van der Waals surface area contributed by atoms with E-state index in [0.29, 0.717) is 17.9 Å². The van der Waals surface area contributed by atoms with Crippen molar-refractivity contribution in [1.29, 1.82) is 0 Å². The van der Waals surface area contributed by atoms with Crippen molar-refractivity contribution >= 4 is 11.8 Å². The van der Waals surface area contributed by atoms with E-state index in [1.807, 2.05) is 49.5 Å². The molecular weight excluding hydrogens is 443 g/mol. The minimum absolute atomic E-state index is 0.0247. The van der Waals surface area contributed by atoms with Crippen molar-refractivity contribution < 1.29 is 18.7 Å². The fourth-order valence-corrected chi connectivity index (χ4v) is 4.74. The molecule has 6 heteroatoms. The predicted octanol–water partition coefficient (Wildman–Crippen LogP) is 5.57. The normalized spacial score (nSPS) is 17.1. The minimum atomic E-state index is -0.570. The Balaban J connectivity index is 1.85. The van der Waals surface area contributed by atoms with E-state index < -0.39 is 12.0 Å². The quantitative estimate of drug-likeness (QED) is 0.429. The number of unbranched alkanes of at least 4 members (excludes halogenated alkanes) is 1. The average molecular weight is 475 g/mol. The minimum Gasteiger partial charge on any atom is -0.497 e. The monoisotopic (exact) mass is 474 g/mol. The maximum absolute atomic E-state index is 13.9. The number of methoxy groups -OCH3 is 1. The largest absolute Gasteiger partial charge is 0.497 e. The molecule has 1 aliphatic rings. The number of carbonyl (C=O) groups is 2. The van der Waals surface area contributed by atoms with Gasteiger partial charge >= 0.3 is 0 Å². The molecule has 3 aromatic rings. The SMILES string of the molecule is CCCCN(C)C(=O)[C@H]1c2ccccc2C(=O)N(Cc2ccc(F)cc2)[C@H]1c1ccc(OC)cc1. The third kappa shape index (κ3) is 5.06. The van der Waals surface area contributed by atoms with Gasteiger partial charge in [0.2, 0.25) is 5.91 Å². The van der Waals surface area contributed by atoms with Crippen LogP contribution in [0.25, 0.3) is 0 Å². The maximum atomic E-state index is 13.9. The third-order valence-electron chi connectivity index (χ3n) is 6.65. The summed E-state index contributed by atoms with van der Waals surface area (Å²) in [7, 11) is 3.43. The summed E-state index contributed by atoms with van der Waals surface area (Å²) >= 11 is 0. The molecule has 0 spiro atoms. The number of hydrogen-bond donors (Lipinski definition) is 0. The van der Waals surface area contributed by atoms with Gasteiger partial charge in [0.15, 0.2) is 0 Å². The molecule has 0 saturated carbocycles. The molecule has 1 aliphatic heterocycles. The zero-order valence-electron chi connectivity index (χ0n) is 20.4. The summed E-state index contributed by atoms with van der Waals surface area (Å²) in [4.78, 5) is 31.3. The Hall–Kier alpha value is -3.67. The van der Waals surface area contributed by atoms with Crippen molar-refractivity contribution in [2.75, 3.05) is 20.7 Å². The summed E-state index contributed by atoms with van der Waals surface area (Å²) < 4.78 is 18.9. The van der Waals surface area contributed by atoms with Crippen molar-refractivity contribution in [2.24, 2.45) is 0 Å². The Bertz CT molecular complexity index is 1180. The van der Waals surface area contributed by atoms with Crippen molar-refractivity contribution in [3.05, 3.63) is 101 Å². The van der Waals surface area contributed by atoms with Crippen LogP contribution < -0.4 is 4.74 Å². The molecule has 2 amide bonds. The molecule has 0 saturated heterocycles. The van der Waals surface area contributed by atoms with Gasteiger partial charge in [-0.2, -0.15) is 0 Å². The first-order valence-electron chi connectivity index (χ1n) is 12.0. The van der Waals surface area contributed by atoms with Crippen molar-refractivity contribution in [1.82, 2.24) is 9.80 Å². The van der Waals surface area contributed by atoms with E-state index >= 15 is 0 Å². The molecule has 5 nitrogen and oxygen atoms in total. The number of fused-ring (bicyclic) bond motifs is 1. The Morgan fingerprint density at radius 3 is 2.37 bits per heavy atom. The molecule has 182 valence electrons. The highest BCUT2D eigenvalue weighted by molar-refractivity contribution is 6.01. The van der Waals surface area contributed by atoms with Crippen molar-refractivity contribution in [3.8, 4) is 5.75 Å². The summed E-state index contributed by atoms with van der Waals surface area (Å²) in [6.45, 7) is 3.00. The van der Waals surface area contributed by atoms with Gasteiger partial charge in [0, 0.05) is 25.7 Å². The Morgan fingerprint density at radius 2 is 1.71 bits per heavy atom. The Kier molecular flexibility index (Phi) is 7.49. The third-order valence-corrected chi connectivity index (χ3v) is 6.65. The molecule has 0 N–H and O–H groups in total. The first-order chi connectivity index (χ1) is 16.9. The van der Waals surface area contributed by atoms with Gasteiger partial charge in [0.25, 0.3) is 5.91 Å². The molecule has 0 radical (unpaired) electrons. The van der Waals surface area contributed by atoms with Gasteiger partial charge in [0.05, 0.1) is 19.1 Å². The first-order valence-corrected chi connectivity index (χ1v) is 12.0. The number of amides is 2. The van der Waals surface area contributed by atoms with Crippen LogP contribution in [0.4, 0.5) is 4.39 Å². The molecule has 35 heavy (non-hydrogen) atoms. The molecule has 3 aromatic carbocycles. The smallest absolute Gasteiger partial charge is 0.255 e. The number of ether oxygens (including phenoxy) is 1. The molecule has 4 rings (SSSR count). The zero-order valence-corrected chi connectivity index (χ0v) is 20.4. The maximum Gasteiger partial charge on any atom is 0.255 e. The van der Waals surface area contributed by atoms with E-state index in [1.54, 1.807) is 35.1 Å². The predicted molar refractivity (Wildman–Crippen MR) is 134 cm³/mol. The number of nitrogens with zero attached hydrogens (tertiary/aromatic N) is 2. The summed E-state index contributed by atoms with van der Waals surface area (Å²) in [5.74, 6) is -0.375. The lowest BCUT2D eigenvalue weighted by Gasteiger charge is -2.43. The number of benzene rings is 3. The van der Waals surface area contributed by atoms with Gasteiger partial charge in [-0.05, 0) is 53.4 Å². The van der Waals surface area contributed by atoms with Crippen LogP contribution in [-0.4, -0.2) is 42.3 Å². The lowest BCUT2D eigenvalue weighted by atomic mass is 9.78. The Morgan fingerprint density at radius 1 is 1.03 bits per heavy atom. The van der Waals surface area contributed by atoms with E-state index in [-0.39, 0.29) is 24.2 Å². The van der Waals surface area contributed by atoms with E-state index in [1.165, 1.54) is 12.1 Å². The fraction of sp³-hybridized carbons (Fsp3) is 0.310. The number of halogens is 1. The average Bonchev–Trinajstić information content (AvgIpc) is 2.89. The second-order valence-electron chi connectivity index (χ2n) is 8.96. The molecule has 0 aliphatic carbocycles. The van der Waals surface area contributed by atoms with Gasteiger partial charge in [-0.1, -0.05) is 55.8 Å². The van der Waals surface area contributed by atoms with Gasteiger partial charge in [-0.3, -0.25) is 9.59 Å². The second-order valence-corrected chi connectivity index (χ2v) is 8.96. The number of carbonyl (C=O) groups excluding carboxylic acids is 2. The standard InChI is InChI=1S/C29H31FN2O3/c1-4-5-18-31(2)29(34)26-24-8-6-7-9-25(24)28(33)32(19-20-10-14-22(30)15-11-20)27(26)21-12-16-23(35-3)17-13-21/h6-17,26-27H,4-5,18-19H2,1-3H3/t26-,27-/m0/s1. The highest BCUT2D eigenvalue weighted by Crippen LogP contribution is 2.44. The van der Waals surface area contributed by atoms with E-state index in [0.717, 1.165) is 29.5 Å². The first kappa shape index (κ1) is 24.5.